The highest BCUT2D eigenvalue weighted by Gasteiger charge is 2.35. The summed E-state index contributed by atoms with van der Waals surface area (Å²) in [6.07, 6.45) is 7.11. The molecule has 4 nitrogen and oxygen atoms in total. The average Bonchev–Trinajstić information content (AvgIpc) is 2.92. The van der Waals surface area contributed by atoms with Crippen LogP contribution in [0.1, 0.15) is 25.5 Å². The van der Waals surface area contributed by atoms with Crippen LogP contribution in [0.25, 0.3) is 0 Å². The summed E-state index contributed by atoms with van der Waals surface area (Å²) in [6.45, 7) is 2.36. The lowest BCUT2D eigenvalue weighted by molar-refractivity contribution is -0.114. The molecule has 1 aromatic rings. The van der Waals surface area contributed by atoms with Crippen LogP contribution in [0.15, 0.2) is 24.3 Å². The monoisotopic (exact) mass is 369 g/mol. The standard InChI is InChI=1S/C14H16IN3O/c1-9(19)16-14-7-6-12(15)13(17-14)8-18-10-2-3-11(18)5-4-10/h2-3,6-7,10-11H,4-5,8H2,1H3,(H,16,17,19). The third-order valence-electron chi connectivity index (χ3n) is 3.72. The first kappa shape index (κ1) is 13.1. The number of hydrogen-bond acceptors (Lipinski definition) is 3. The Bertz CT molecular complexity index is 529. The van der Waals surface area contributed by atoms with Gasteiger partial charge >= 0.3 is 0 Å². The molecular weight excluding hydrogens is 353 g/mol. The molecule has 0 aliphatic carbocycles. The predicted molar refractivity (Wildman–Crippen MR) is 82.8 cm³/mol. The Morgan fingerprint density at radius 3 is 2.68 bits per heavy atom. The van der Waals surface area contributed by atoms with Crippen LogP contribution in [0.2, 0.25) is 0 Å². The van der Waals surface area contributed by atoms with Gasteiger partial charge in [-0.3, -0.25) is 9.69 Å². The average molecular weight is 369 g/mol. The first-order valence-electron chi connectivity index (χ1n) is 6.50. The van der Waals surface area contributed by atoms with Gasteiger partial charge in [0.1, 0.15) is 5.82 Å². The molecule has 3 heterocycles. The van der Waals surface area contributed by atoms with Gasteiger partial charge in [-0.15, -0.1) is 0 Å². The Morgan fingerprint density at radius 2 is 2.11 bits per heavy atom. The second-order valence-corrected chi connectivity index (χ2v) is 6.24. The highest BCUT2D eigenvalue weighted by molar-refractivity contribution is 14.1. The molecule has 0 spiro atoms. The summed E-state index contributed by atoms with van der Waals surface area (Å²) in [7, 11) is 0. The van der Waals surface area contributed by atoms with Gasteiger partial charge in [0.2, 0.25) is 5.91 Å². The number of aromatic nitrogens is 1. The van der Waals surface area contributed by atoms with Gasteiger partial charge in [0.05, 0.1) is 5.69 Å². The molecule has 0 radical (unpaired) electrons. The smallest absolute Gasteiger partial charge is 0.222 e. The number of anilines is 1. The van der Waals surface area contributed by atoms with Gasteiger partial charge in [-0.05, 0) is 47.6 Å². The van der Waals surface area contributed by atoms with Crippen LogP contribution in [0.5, 0.6) is 0 Å². The quantitative estimate of drug-likeness (QED) is 0.658. The molecule has 0 aromatic carbocycles. The maximum atomic E-state index is 11.1. The van der Waals surface area contributed by atoms with E-state index in [1.165, 1.54) is 19.8 Å². The number of pyridine rings is 1. The lowest BCUT2D eigenvalue weighted by Crippen LogP contribution is -2.29. The molecule has 2 aliphatic rings. The molecule has 2 unspecified atom stereocenters. The number of carbonyl (C=O) groups excluding carboxylic acids is 1. The molecule has 2 bridgehead atoms. The van der Waals surface area contributed by atoms with E-state index in [1.54, 1.807) is 0 Å². The van der Waals surface area contributed by atoms with Crippen molar-refractivity contribution in [2.24, 2.45) is 0 Å². The van der Waals surface area contributed by atoms with Crippen LogP contribution in [0, 0.1) is 3.57 Å². The van der Waals surface area contributed by atoms with Gasteiger partial charge in [-0.25, -0.2) is 4.98 Å². The molecule has 1 aromatic heterocycles. The molecule has 5 heteroatoms. The maximum absolute atomic E-state index is 11.1. The first-order chi connectivity index (χ1) is 9.13. The largest absolute Gasteiger partial charge is 0.311 e. The van der Waals surface area contributed by atoms with Crippen LogP contribution in [0.4, 0.5) is 5.82 Å². The number of carbonyl (C=O) groups is 1. The number of fused-ring (bicyclic) bond motifs is 2. The van der Waals surface area contributed by atoms with Crippen molar-refractivity contribution in [2.75, 3.05) is 5.32 Å². The molecule has 100 valence electrons. The predicted octanol–water partition coefficient (Wildman–Crippen LogP) is 2.55. The Hall–Kier alpha value is -0.950. The van der Waals surface area contributed by atoms with Crippen molar-refractivity contribution in [1.82, 2.24) is 9.88 Å². The van der Waals surface area contributed by atoms with E-state index in [9.17, 15) is 4.79 Å². The molecule has 0 saturated carbocycles. The summed E-state index contributed by atoms with van der Waals surface area (Å²) in [6, 6.07) is 5.02. The fourth-order valence-corrected chi connectivity index (χ4v) is 3.31. The highest BCUT2D eigenvalue weighted by atomic mass is 127. The van der Waals surface area contributed by atoms with E-state index >= 15 is 0 Å². The molecule has 1 fully saturated rings. The van der Waals surface area contributed by atoms with E-state index in [-0.39, 0.29) is 5.91 Å². The highest BCUT2D eigenvalue weighted by Crippen LogP contribution is 2.33. The molecule has 1 N–H and O–H groups in total. The van der Waals surface area contributed by atoms with Gasteiger partial charge in [-0.2, -0.15) is 0 Å². The fourth-order valence-electron chi connectivity index (χ4n) is 2.84. The zero-order valence-electron chi connectivity index (χ0n) is 10.8. The number of rotatable bonds is 3. The Kier molecular flexibility index (Phi) is 3.58. The molecule has 1 saturated heterocycles. The number of amides is 1. The molecule has 1 amide bonds. The Balaban J connectivity index is 1.78. The lowest BCUT2D eigenvalue weighted by atomic mass is 10.1. The summed E-state index contributed by atoms with van der Waals surface area (Å²) in [5.41, 5.74) is 1.05. The number of nitrogens with one attached hydrogen (secondary N) is 1. The number of halogens is 1. The van der Waals surface area contributed by atoms with Crippen molar-refractivity contribution in [3.8, 4) is 0 Å². The van der Waals surface area contributed by atoms with E-state index in [0.29, 0.717) is 17.9 Å². The zero-order valence-corrected chi connectivity index (χ0v) is 12.9. The van der Waals surface area contributed by atoms with Crippen molar-refractivity contribution in [3.05, 3.63) is 33.5 Å². The second kappa shape index (κ2) is 5.20. The molecule has 2 aliphatic heterocycles. The number of nitrogens with zero attached hydrogens (tertiary/aromatic N) is 2. The topological polar surface area (TPSA) is 45.2 Å². The summed E-state index contributed by atoms with van der Waals surface area (Å²) in [5.74, 6) is 0.560. The van der Waals surface area contributed by atoms with Gasteiger partial charge < -0.3 is 5.32 Å². The van der Waals surface area contributed by atoms with Crippen molar-refractivity contribution >= 4 is 34.3 Å². The Morgan fingerprint density at radius 1 is 1.42 bits per heavy atom. The van der Waals surface area contributed by atoms with Gasteiger partial charge in [-0.1, -0.05) is 12.2 Å². The van der Waals surface area contributed by atoms with Crippen LogP contribution in [0.3, 0.4) is 0 Å². The summed E-state index contributed by atoms with van der Waals surface area (Å²) in [4.78, 5) is 18.1. The number of hydrogen-bond donors (Lipinski definition) is 1. The third-order valence-corrected chi connectivity index (χ3v) is 4.70. The van der Waals surface area contributed by atoms with E-state index in [1.807, 2.05) is 12.1 Å². The summed E-state index contributed by atoms with van der Waals surface area (Å²) < 4.78 is 1.15. The van der Waals surface area contributed by atoms with Crippen LogP contribution < -0.4 is 5.32 Å². The molecule has 2 atom stereocenters. The minimum absolute atomic E-state index is 0.0810. The maximum Gasteiger partial charge on any atom is 0.222 e. The van der Waals surface area contributed by atoms with Gasteiger partial charge in [0.25, 0.3) is 0 Å². The van der Waals surface area contributed by atoms with Crippen LogP contribution in [-0.4, -0.2) is 27.9 Å². The van der Waals surface area contributed by atoms with Crippen molar-refractivity contribution < 1.29 is 4.79 Å². The second-order valence-electron chi connectivity index (χ2n) is 5.08. The van der Waals surface area contributed by atoms with Crippen LogP contribution >= 0.6 is 22.6 Å². The van der Waals surface area contributed by atoms with Crippen LogP contribution in [-0.2, 0) is 11.3 Å². The van der Waals surface area contributed by atoms with E-state index in [0.717, 1.165) is 15.8 Å². The fraction of sp³-hybridized carbons (Fsp3) is 0.429. The normalized spacial score (nSPS) is 24.9. The first-order valence-corrected chi connectivity index (χ1v) is 7.58. The molecule has 3 rings (SSSR count). The SMILES string of the molecule is CC(=O)Nc1ccc(I)c(CN2C3C=CC2CC3)n1. The van der Waals surface area contributed by atoms with Gasteiger partial charge in [0.15, 0.2) is 0 Å². The van der Waals surface area contributed by atoms with Gasteiger partial charge in [0, 0.05) is 29.1 Å². The van der Waals surface area contributed by atoms with Crippen molar-refractivity contribution in [2.45, 2.75) is 38.4 Å². The third kappa shape index (κ3) is 2.67. The minimum Gasteiger partial charge on any atom is -0.311 e. The minimum atomic E-state index is -0.0810. The lowest BCUT2D eigenvalue weighted by Gasteiger charge is -2.22. The van der Waals surface area contributed by atoms with E-state index < -0.39 is 0 Å². The summed E-state index contributed by atoms with van der Waals surface area (Å²) >= 11 is 2.31. The Labute approximate surface area is 126 Å². The summed E-state index contributed by atoms with van der Waals surface area (Å²) in [5, 5.41) is 2.75. The molecular formula is C14H16IN3O. The van der Waals surface area contributed by atoms with E-state index in [2.05, 4.69) is 49.9 Å². The van der Waals surface area contributed by atoms with E-state index in [4.69, 9.17) is 0 Å². The van der Waals surface area contributed by atoms with Crippen molar-refractivity contribution in [3.63, 3.8) is 0 Å². The molecule has 19 heavy (non-hydrogen) atoms. The zero-order chi connectivity index (χ0) is 13.4. The van der Waals surface area contributed by atoms with Crippen molar-refractivity contribution in [1.29, 1.82) is 0 Å².